The average Bonchev–Trinajstić information content (AvgIpc) is 2.85. The number of ether oxygens (including phenoxy) is 1. The minimum Gasteiger partial charge on any atom is -0.478 e. The molecule has 3 rings (SSSR count). The molecule has 0 fully saturated rings. The van der Waals surface area contributed by atoms with Crippen molar-refractivity contribution < 1.29 is 4.74 Å². The molecule has 2 aromatic heterocycles. The third kappa shape index (κ3) is 2.22. The van der Waals surface area contributed by atoms with E-state index in [0.717, 1.165) is 15.6 Å². The average molecular weight is 333 g/mol. The lowest BCUT2D eigenvalue weighted by Gasteiger charge is -2.03. The molecule has 102 valence electrons. The molecule has 0 aliphatic heterocycles. The molecule has 3 aromatic rings. The number of nitrogens with zero attached hydrogens (tertiary/aromatic N) is 2. The van der Waals surface area contributed by atoms with Crippen LogP contribution in [0.5, 0.6) is 5.88 Å². The van der Waals surface area contributed by atoms with Gasteiger partial charge in [-0.15, -0.1) is 0 Å². The zero-order valence-electron chi connectivity index (χ0n) is 10.9. The summed E-state index contributed by atoms with van der Waals surface area (Å²) in [6.07, 6.45) is 0. The minimum absolute atomic E-state index is 0.570. The lowest BCUT2D eigenvalue weighted by molar-refractivity contribution is 0.328. The number of rotatable bonds is 3. The summed E-state index contributed by atoms with van der Waals surface area (Å²) in [5.74, 6) is 1.26. The van der Waals surface area contributed by atoms with E-state index in [1.807, 2.05) is 37.3 Å². The maximum atomic E-state index is 6.06. The van der Waals surface area contributed by atoms with E-state index in [2.05, 4.69) is 30.9 Å². The first-order chi connectivity index (χ1) is 9.69. The molecular formula is C14H13BrN4O. The highest BCUT2D eigenvalue weighted by Crippen LogP contribution is 2.31. The number of pyridine rings is 1. The monoisotopic (exact) mass is 332 g/mol. The van der Waals surface area contributed by atoms with Crippen LogP contribution in [0.2, 0.25) is 0 Å². The minimum atomic E-state index is 0.570. The van der Waals surface area contributed by atoms with Crippen LogP contribution in [0.4, 0.5) is 5.69 Å². The van der Waals surface area contributed by atoms with Gasteiger partial charge in [0.15, 0.2) is 5.65 Å². The summed E-state index contributed by atoms with van der Waals surface area (Å²) < 4.78 is 6.22. The highest BCUT2D eigenvalue weighted by Gasteiger charge is 2.11. The lowest BCUT2D eigenvalue weighted by atomic mass is 10.2. The van der Waals surface area contributed by atoms with Crippen molar-refractivity contribution in [3.8, 4) is 17.3 Å². The van der Waals surface area contributed by atoms with Crippen molar-refractivity contribution in [2.45, 2.75) is 6.92 Å². The first kappa shape index (κ1) is 12.9. The van der Waals surface area contributed by atoms with E-state index in [0.29, 0.717) is 29.6 Å². The number of nitrogens with one attached hydrogen (secondary N) is 1. The maximum absolute atomic E-state index is 6.06. The maximum Gasteiger partial charge on any atom is 0.215 e. The summed E-state index contributed by atoms with van der Waals surface area (Å²) in [6.45, 7) is 2.50. The Kier molecular flexibility index (Phi) is 3.31. The van der Waals surface area contributed by atoms with Crippen LogP contribution in [-0.4, -0.2) is 21.6 Å². The number of H-pyrrole nitrogens is 1. The molecule has 0 aliphatic rings. The Balaban J connectivity index is 2.10. The summed E-state index contributed by atoms with van der Waals surface area (Å²) in [4.78, 5) is 12.0. The number of hydrogen-bond donors (Lipinski definition) is 2. The molecular weight excluding hydrogens is 320 g/mol. The highest BCUT2D eigenvalue weighted by atomic mass is 79.9. The second kappa shape index (κ2) is 5.13. The molecule has 5 nitrogen and oxygen atoms in total. The standard InChI is InChI=1S/C14H13BrN4O/c1-2-20-11-7-6-10-14(18-11)19-13(17-10)8-4-3-5-9(15)12(8)16/h3-7H,2,16H2,1H3,(H,17,18,19). The number of benzene rings is 1. The van der Waals surface area contributed by atoms with Gasteiger partial charge < -0.3 is 15.5 Å². The topological polar surface area (TPSA) is 76.8 Å². The van der Waals surface area contributed by atoms with Gasteiger partial charge in [-0.05, 0) is 41.1 Å². The SMILES string of the molecule is CCOc1ccc2[nH]c(-c3cccc(Br)c3N)nc2n1. The molecule has 0 bridgehead atoms. The molecule has 0 radical (unpaired) electrons. The first-order valence-corrected chi connectivity index (χ1v) is 7.02. The molecule has 0 saturated carbocycles. The Bertz CT molecular complexity index is 769. The van der Waals surface area contributed by atoms with Crippen LogP contribution in [0.1, 0.15) is 6.92 Å². The Labute approximate surface area is 124 Å². The van der Waals surface area contributed by atoms with Crippen LogP contribution in [0.3, 0.4) is 0 Å². The van der Waals surface area contributed by atoms with Crippen molar-refractivity contribution >= 4 is 32.8 Å². The van der Waals surface area contributed by atoms with Crippen molar-refractivity contribution in [2.75, 3.05) is 12.3 Å². The molecule has 0 atom stereocenters. The van der Waals surface area contributed by atoms with E-state index in [-0.39, 0.29) is 0 Å². The van der Waals surface area contributed by atoms with E-state index in [1.54, 1.807) is 0 Å². The molecule has 0 amide bonds. The van der Waals surface area contributed by atoms with Gasteiger partial charge in [0.25, 0.3) is 0 Å². The Morgan fingerprint density at radius 3 is 2.90 bits per heavy atom. The Morgan fingerprint density at radius 2 is 2.10 bits per heavy atom. The van der Waals surface area contributed by atoms with Crippen molar-refractivity contribution in [1.29, 1.82) is 0 Å². The Hall–Kier alpha value is -2.08. The zero-order valence-corrected chi connectivity index (χ0v) is 12.4. The van der Waals surface area contributed by atoms with E-state index in [9.17, 15) is 0 Å². The number of nitrogens with two attached hydrogens (primary N) is 1. The van der Waals surface area contributed by atoms with Crippen LogP contribution >= 0.6 is 15.9 Å². The van der Waals surface area contributed by atoms with Gasteiger partial charge in [0, 0.05) is 16.1 Å². The Morgan fingerprint density at radius 1 is 1.25 bits per heavy atom. The van der Waals surface area contributed by atoms with E-state index in [4.69, 9.17) is 10.5 Å². The zero-order chi connectivity index (χ0) is 14.1. The molecule has 2 heterocycles. The van der Waals surface area contributed by atoms with Crippen LogP contribution in [0, 0.1) is 0 Å². The van der Waals surface area contributed by atoms with Crippen molar-refractivity contribution in [3.63, 3.8) is 0 Å². The van der Waals surface area contributed by atoms with Crippen LogP contribution in [-0.2, 0) is 0 Å². The molecule has 20 heavy (non-hydrogen) atoms. The van der Waals surface area contributed by atoms with E-state index >= 15 is 0 Å². The van der Waals surface area contributed by atoms with Crippen LogP contribution < -0.4 is 10.5 Å². The van der Waals surface area contributed by atoms with Gasteiger partial charge in [-0.3, -0.25) is 0 Å². The van der Waals surface area contributed by atoms with Gasteiger partial charge in [0.1, 0.15) is 5.82 Å². The van der Waals surface area contributed by atoms with Crippen LogP contribution in [0.15, 0.2) is 34.8 Å². The van der Waals surface area contributed by atoms with E-state index in [1.165, 1.54) is 0 Å². The lowest BCUT2D eigenvalue weighted by Crippen LogP contribution is -1.93. The third-order valence-electron chi connectivity index (χ3n) is 2.92. The molecule has 6 heteroatoms. The van der Waals surface area contributed by atoms with Gasteiger partial charge in [-0.25, -0.2) is 4.98 Å². The summed E-state index contributed by atoms with van der Waals surface area (Å²) in [6, 6.07) is 9.45. The molecule has 0 unspecified atom stereocenters. The van der Waals surface area contributed by atoms with Gasteiger partial charge >= 0.3 is 0 Å². The van der Waals surface area contributed by atoms with Gasteiger partial charge in [-0.2, -0.15) is 4.98 Å². The molecule has 0 saturated heterocycles. The molecule has 1 aromatic carbocycles. The summed E-state index contributed by atoms with van der Waals surface area (Å²) >= 11 is 3.42. The number of anilines is 1. The number of imidazole rings is 1. The first-order valence-electron chi connectivity index (χ1n) is 6.23. The fourth-order valence-corrected chi connectivity index (χ4v) is 2.34. The number of aromatic nitrogens is 3. The van der Waals surface area contributed by atoms with Crippen LogP contribution in [0.25, 0.3) is 22.6 Å². The van der Waals surface area contributed by atoms with Gasteiger partial charge in [0.2, 0.25) is 5.88 Å². The fraction of sp³-hybridized carbons (Fsp3) is 0.143. The predicted octanol–water partition coefficient (Wildman–Crippen LogP) is 3.37. The molecule has 3 N–H and O–H groups in total. The van der Waals surface area contributed by atoms with Crippen molar-refractivity contribution in [1.82, 2.24) is 15.0 Å². The summed E-state index contributed by atoms with van der Waals surface area (Å²) in [5, 5.41) is 0. The fourth-order valence-electron chi connectivity index (χ4n) is 1.97. The normalized spacial score (nSPS) is 10.9. The molecule has 0 aliphatic carbocycles. The quantitative estimate of drug-likeness (QED) is 0.721. The number of fused-ring (bicyclic) bond motifs is 1. The van der Waals surface area contributed by atoms with Gasteiger partial charge in [-0.1, -0.05) is 6.07 Å². The van der Waals surface area contributed by atoms with Crippen molar-refractivity contribution in [3.05, 3.63) is 34.8 Å². The number of para-hydroxylation sites is 1. The molecule has 0 spiro atoms. The van der Waals surface area contributed by atoms with Crippen molar-refractivity contribution in [2.24, 2.45) is 0 Å². The largest absolute Gasteiger partial charge is 0.478 e. The third-order valence-corrected chi connectivity index (χ3v) is 3.61. The highest BCUT2D eigenvalue weighted by molar-refractivity contribution is 9.10. The number of nitrogen functional groups attached to an aromatic ring is 1. The number of halogens is 1. The van der Waals surface area contributed by atoms with E-state index < -0.39 is 0 Å². The number of hydrogen-bond acceptors (Lipinski definition) is 4. The van der Waals surface area contributed by atoms with Gasteiger partial charge in [0.05, 0.1) is 17.8 Å². The second-order valence-electron chi connectivity index (χ2n) is 4.24. The smallest absolute Gasteiger partial charge is 0.215 e. The summed E-state index contributed by atoms with van der Waals surface area (Å²) in [7, 11) is 0. The second-order valence-corrected chi connectivity index (χ2v) is 5.09. The summed E-state index contributed by atoms with van der Waals surface area (Å²) in [5.41, 5.74) is 9.02. The number of aromatic amines is 1. The predicted molar refractivity (Wildman–Crippen MR) is 82.6 cm³/mol.